The van der Waals surface area contributed by atoms with Crippen LogP contribution in [0.15, 0.2) is 42.5 Å². The van der Waals surface area contributed by atoms with Gasteiger partial charge in [0, 0.05) is 17.7 Å². The number of para-hydroxylation sites is 1. The molecule has 2 aromatic rings. The van der Waals surface area contributed by atoms with E-state index in [0.29, 0.717) is 29.2 Å². The van der Waals surface area contributed by atoms with Gasteiger partial charge < -0.3 is 9.47 Å². The second kappa shape index (κ2) is 9.97. The van der Waals surface area contributed by atoms with Crippen molar-refractivity contribution in [3.8, 4) is 17.6 Å². The van der Waals surface area contributed by atoms with Gasteiger partial charge in [-0.3, -0.25) is 10.1 Å². The molecule has 2 rings (SSSR count). The predicted molar refractivity (Wildman–Crippen MR) is 105 cm³/mol. The minimum Gasteiger partial charge on any atom is -0.493 e. The molecule has 0 bridgehead atoms. The Bertz CT molecular complexity index is 851. The third-order valence-corrected chi connectivity index (χ3v) is 4.03. The summed E-state index contributed by atoms with van der Waals surface area (Å²) in [5.74, 6) is 1.19. The summed E-state index contributed by atoms with van der Waals surface area (Å²) in [4.78, 5) is 10.3. The van der Waals surface area contributed by atoms with E-state index in [1.807, 2.05) is 18.2 Å². The number of allylic oxidation sites excluding steroid dienone is 1. The number of rotatable bonds is 9. The van der Waals surface area contributed by atoms with Gasteiger partial charge in [-0.2, -0.15) is 5.26 Å². The van der Waals surface area contributed by atoms with Crippen molar-refractivity contribution < 1.29 is 14.4 Å². The Hall–Kier alpha value is -3.33. The van der Waals surface area contributed by atoms with Crippen molar-refractivity contribution >= 4 is 17.3 Å². The molecular formula is C21H22N2O4. The Morgan fingerprint density at radius 3 is 2.56 bits per heavy atom. The Morgan fingerprint density at radius 1 is 1.22 bits per heavy atom. The SMILES string of the molecule is CCCCCOc1c(C=C(C#N)c2ccc([N+](=O)[O-])cc2)cccc1OC. The number of hydrogen-bond donors (Lipinski definition) is 0. The average Bonchev–Trinajstić information content (AvgIpc) is 2.69. The lowest BCUT2D eigenvalue weighted by Crippen LogP contribution is -2.01. The Labute approximate surface area is 158 Å². The van der Waals surface area contributed by atoms with Gasteiger partial charge in [0.1, 0.15) is 0 Å². The monoisotopic (exact) mass is 366 g/mol. The highest BCUT2D eigenvalue weighted by Crippen LogP contribution is 2.34. The second-order valence-corrected chi connectivity index (χ2v) is 5.91. The minimum absolute atomic E-state index is 0.0163. The van der Waals surface area contributed by atoms with Crippen molar-refractivity contribution in [2.75, 3.05) is 13.7 Å². The number of nitro groups is 1. The molecule has 0 N–H and O–H groups in total. The number of hydrogen-bond acceptors (Lipinski definition) is 5. The molecule has 2 aromatic carbocycles. The maximum atomic E-state index is 10.8. The highest BCUT2D eigenvalue weighted by atomic mass is 16.6. The molecule has 140 valence electrons. The van der Waals surface area contributed by atoms with E-state index in [9.17, 15) is 15.4 Å². The summed E-state index contributed by atoms with van der Waals surface area (Å²) in [5, 5.41) is 20.4. The van der Waals surface area contributed by atoms with Crippen molar-refractivity contribution in [2.24, 2.45) is 0 Å². The van der Waals surface area contributed by atoms with Gasteiger partial charge in [0.2, 0.25) is 0 Å². The highest BCUT2D eigenvalue weighted by Gasteiger charge is 2.12. The van der Waals surface area contributed by atoms with Gasteiger partial charge in [-0.25, -0.2) is 0 Å². The molecule has 6 heteroatoms. The van der Waals surface area contributed by atoms with Gasteiger partial charge in [0.15, 0.2) is 11.5 Å². The summed E-state index contributed by atoms with van der Waals surface area (Å²) in [5.41, 5.74) is 1.69. The maximum absolute atomic E-state index is 10.8. The number of unbranched alkanes of at least 4 members (excludes halogenated alkanes) is 2. The molecule has 27 heavy (non-hydrogen) atoms. The largest absolute Gasteiger partial charge is 0.493 e. The molecule has 0 atom stereocenters. The van der Waals surface area contributed by atoms with E-state index in [0.717, 1.165) is 24.8 Å². The molecule has 0 saturated carbocycles. The second-order valence-electron chi connectivity index (χ2n) is 5.91. The molecule has 0 aliphatic heterocycles. The summed E-state index contributed by atoms with van der Waals surface area (Å²) in [7, 11) is 1.57. The van der Waals surface area contributed by atoms with E-state index in [4.69, 9.17) is 9.47 Å². The van der Waals surface area contributed by atoms with Crippen molar-refractivity contribution in [1.29, 1.82) is 5.26 Å². The third kappa shape index (κ3) is 5.32. The number of nitro benzene ring substituents is 1. The van der Waals surface area contributed by atoms with Crippen LogP contribution in [-0.2, 0) is 0 Å². The van der Waals surface area contributed by atoms with Crippen LogP contribution in [0.2, 0.25) is 0 Å². The average molecular weight is 366 g/mol. The smallest absolute Gasteiger partial charge is 0.269 e. The first kappa shape index (κ1) is 20.0. The van der Waals surface area contributed by atoms with Crippen LogP contribution in [0.3, 0.4) is 0 Å². The van der Waals surface area contributed by atoms with Crippen molar-refractivity contribution in [3.63, 3.8) is 0 Å². The van der Waals surface area contributed by atoms with E-state index < -0.39 is 4.92 Å². The van der Waals surface area contributed by atoms with E-state index in [-0.39, 0.29) is 5.69 Å². The fraction of sp³-hybridized carbons (Fsp3) is 0.286. The van der Waals surface area contributed by atoms with Crippen LogP contribution < -0.4 is 9.47 Å². The summed E-state index contributed by atoms with van der Waals surface area (Å²) < 4.78 is 11.3. The summed E-state index contributed by atoms with van der Waals surface area (Å²) in [6, 6.07) is 13.5. The summed E-state index contributed by atoms with van der Waals surface area (Å²) in [6.07, 6.45) is 4.82. The molecule has 0 radical (unpaired) electrons. The van der Waals surface area contributed by atoms with Crippen LogP contribution in [0.5, 0.6) is 11.5 Å². The zero-order chi connectivity index (χ0) is 19.6. The fourth-order valence-corrected chi connectivity index (χ4v) is 2.59. The molecule has 0 aliphatic rings. The van der Waals surface area contributed by atoms with Gasteiger partial charge >= 0.3 is 0 Å². The van der Waals surface area contributed by atoms with E-state index >= 15 is 0 Å². The Balaban J connectivity index is 2.36. The number of benzene rings is 2. The van der Waals surface area contributed by atoms with Crippen molar-refractivity contribution in [1.82, 2.24) is 0 Å². The van der Waals surface area contributed by atoms with Crippen LogP contribution in [0, 0.1) is 21.4 Å². The lowest BCUT2D eigenvalue weighted by Gasteiger charge is -2.13. The molecule has 0 fully saturated rings. The van der Waals surface area contributed by atoms with Crippen molar-refractivity contribution in [3.05, 3.63) is 63.7 Å². The Morgan fingerprint density at radius 2 is 1.96 bits per heavy atom. The van der Waals surface area contributed by atoms with Crippen LogP contribution in [0.25, 0.3) is 11.6 Å². The Kier molecular flexibility index (Phi) is 7.38. The molecule has 0 spiro atoms. The van der Waals surface area contributed by atoms with E-state index in [2.05, 4.69) is 13.0 Å². The number of ether oxygens (including phenoxy) is 2. The zero-order valence-electron chi connectivity index (χ0n) is 15.5. The number of non-ortho nitro benzene ring substituents is 1. The van der Waals surface area contributed by atoms with Gasteiger partial charge in [-0.1, -0.05) is 31.9 Å². The normalized spacial score (nSPS) is 10.9. The first-order chi connectivity index (χ1) is 13.1. The van der Waals surface area contributed by atoms with Gasteiger partial charge in [0.05, 0.1) is 30.3 Å². The molecule has 6 nitrogen and oxygen atoms in total. The van der Waals surface area contributed by atoms with E-state index in [1.54, 1.807) is 25.3 Å². The zero-order valence-corrected chi connectivity index (χ0v) is 15.5. The van der Waals surface area contributed by atoms with Crippen molar-refractivity contribution in [2.45, 2.75) is 26.2 Å². The van der Waals surface area contributed by atoms with Gasteiger partial charge in [-0.05, 0) is 36.3 Å². The summed E-state index contributed by atoms with van der Waals surface area (Å²) >= 11 is 0. The molecular weight excluding hydrogens is 344 g/mol. The lowest BCUT2D eigenvalue weighted by molar-refractivity contribution is -0.384. The lowest BCUT2D eigenvalue weighted by atomic mass is 10.0. The topological polar surface area (TPSA) is 85.4 Å². The van der Waals surface area contributed by atoms with Gasteiger partial charge in [0.25, 0.3) is 5.69 Å². The fourth-order valence-electron chi connectivity index (χ4n) is 2.59. The van der Waals surface area contributed by atoms with Gasteiger partial charge in [-0.15, -0.1) is 0 Å². The summed E-state index contributed by atoms with van der Waals surface area (Å²) in [6.45, 7) is 2.69. The first-order valence-corrected chi connectivity index (χ1v) is 8.77. The quantitative estimate of drug-likeness (QED) is 0.199. The molecule has 0 unspecified atom stereocenters. The third-order valence-electron chi connectivity index (χ3n) is 4.03. The first-order valence-electron chi connectivity index (χ1n) is 8.77. The molecule has 0 amide bonds. The molecule has 0 aliphatic carbocycles. The van der Waals surface area contributed by atoms with Crippen LogP contribution in [-0.4, -0.2) is 18.6 Å². The predicted octanol–water partition coefficient (Wildman–Crippen LogP) is 5.24. The van der Waals surface area contributed by atoms with Crippen LogP contribution >= 0.6 is 0 Å². The van der Waals surface area contributed by atoms with Crippen LogP contribution in [0.4, 0.5) is 5.69 Å². The molecule has 0 heterocycles. The minimum atomic E-state index is -0.468. The molecule has 0 saturated heterocycles. The van der Waals surface area contributed by atoms with E-state index in [1.165, 1.54) is 12.1 Å². The number of methoxy groups -OCH3 is 1. The number of nitriles is 1. The standard InChI is InChI=1S/C21H22N2O4/c1-3-4-5-13-27-21-17(7-6-8-20(21)26-2)14-18(15-22)16-9-11-19(12-10-16)23(24)25/h6-12,14H,3-5,13H2,1-2H3. The maximum Gasteiger partial charge on any atom is 0.269 e. The highest BCUT2D eigenvalue weighted by molar-refractivity contribution is 5.91. The van der Waals surface area contributed by atoms with Crippen LogP contribution in [0.1, 0.15) is 37.3 Å². The number of nitrogens with zero attached hydrogens (tertiary/aromatic N) is 2. The molecule has 0 aromatic heterocycles.